The average molecular weight is 270 g/mol. The monoisotopic (exact) mass is 269 g/mol. The summed E-state index contributed by atoms with van der Waals surface area (Å²) in [6.07, 6.45) is -3.28. The third-order valence-corrected chi connectivity index (χ3v) is 2.62. The summed E-state index contributed by atoms with van der Waals surface area (Å²) < 4.78 is 4.59. The number of esters is 1. The zero-order chi connectivity index (χ0) is 13.7. The molecule has 1 aromatic carbocycles. The minimum atomic E-state index is -1.74. The van der Waals surface area contributed by atoms with Crippen LogP contribution in [0.2, 0.25) is 5.02 Å². The van der Waals surface area contributed by atoms with Gasteiger partial charge in [-0.2, -0.15) is 5.26 Å². The van der Waals surface area contributed by atoms with Gasteiger partial charge in [-0.15, -0.1) is 0 Å². The molecule has 18 heavy (non-hydrogen) atoms. The number of nitriles is 1. The molecule has 0 heterocycles. The molecule has 0 amide bonds. The number of benzene rings is 1. The summed E-state index contributed by atoms with van der Waals surface area (Å²) in [5.41, 5.74) is 0.376. The van der Waals surface area contributed by atoms with E-state index in [0.717, 1.165) is 0 Å². The number of halogens is 1. The quantitative estimate of drug-likeness (QED) is 0.801. The number of hydrogen-bond acceptors (Lipinski definition) is 5. The van der Waals surface area contributed by atoms with Gasteiger partial charge >= 0.3 is 5.97 Å². The molecule has 2 atom stereocenters. The van der Waals surface area contributed by atoms with Crippen LogP contribution in [0.5, 0.6) is 0 Å². The van der Waals surface area contributed by atoms with Gasteiger partial charge in [-0.3, -0.25) is 0 Å². The summed E-state index contributed by atoms with van der Waals surface area (Å²) in [5, 5.41) is 28.3. The molecule has 0 saturated heterocycles. The predicted molar refractivity (Wildman–Crippen MR) is 63.8 cm³/mol. The van der Waals surface area contributed by atoms with Crippen molar-refractivity contribution in [2.75, 3.05) is 6.61 Å². The van der Waals surface area contributed by atoms with Crippen LogP contribution >= 0.6 is 11.6 Å². The lowest BCUT2D eigenvalue weighted by atomic mass is 10.0. The number of aliphatic hydroxyl groups excluding tert-OH is 2. The number of aliphatic hydroxyl groups is 2. The van der Waals surface area contributed by atoms with Crippen molar-refractivity contribution in [3.63, 3.8) is 0 Å². The lowest BCUT2D eigenvalue weighted by Gasteiger charge is -2.17. The molecular formula is C12H12ClNO4. The first-order valence-electron chi connectivity index (χ1n) is 5.23. The lowest BCUT2D eigenvalue weighted by molar-refractivity contribution is -0.159. The van der Waals surface area contributed by atoms with Crippen LogP contribution in [0.25, 0.3) is 0 Å². The summed E-state index contributed by atoms with van der Waals surface area (Å²) >= 11 is 5.84. The normalized spacial score (nSPS) is 13.5. The molecule has 0 aliphatic carbocycles. The summed E-state index contributed by atoms with van der Waals surface area (Å²) in [7, 11) is 0. The van der Waals surface area contributed by atoms with Gasteiger partial charge in [0, 0.05) is 10.6 Å². The topological polar surface area (TPSA) is 90.6 Å². The molecule has 0 fully saturated rings. The second-order valence-electron chi connectivity index (χ2n) is 3.49. The largest absolute Gasteiger partial charge is 0.464 e. The van der Waals surface area contributed by atoms with Crippen LogP contribution in [0.4, 0.5) is 0 Å². The van der Waals surface area contributed by atoms with Gasteiger partial charge in [0.15, 0.2) is 6.10 Å². The molecule has 6 heteroatoms. The summed E-state index contributed by atoms with van der Waals surface area (Å²) in [6, 6.07) is 6.07. The molecule has 2 unspecified atom stereocenters. The van der Waals surface area contributed by atoms with E-state index in [4.69, 9.17) is 16.9 Å². The minimum Gasteiger partial charge on any atom is -0.464 e. The first kappa shape index (κ1) is 14.5. The number of ether oxygens (including phenoxy) is 1. The van der Waals surface area contributed by atoms with Gasteiger partial charge in [0.2, 0.25) is 0 Å². The standard InChI is InChI=1S/C12H12ClNO4/c1-2-18-12(17)11(16)10(15)8-5-7(6-14)3-4-9(8)13/h3-5,10-11,15-16H,2H2,1H3. The van der Waals surface area contributed by atoms with E-state index >= 15 is 0 Å². The van der Waals surface area contributed by atoms with E-state index in [1.807, 2.05) is 6.07 Å². The zero-order valence-electron chi connectivity index (χ0n) is 9.63. The molecule has 0 bridgehead atoms. The Morgan fingerprint density at radius 3 is 2.78 bits per heavy atom. The Morgan fingerprint density at radius 2 is 2.22 bits per heavy atom. The second-order valence-corrected chi connectivity index (χ2v) is 3.90. The average Bonchev–Trinajstić information content (AvgIpc) is 2.38. The third-order valence-electron chi connectivity index (χ3n) is 2.27. The molecule has 0 radical (unpaired) electrons. The summed E-state index contributed by atoms with van der Waals surface area (Å²) in [6.45, 7) is 1.68. The Bertz CT molecular complexity index is 483. The smallest absolute Gasteiger partial charge is 0.338 e. The summed E-state index contributed by atoms with van der Waals surface area (Å²) in [4.78, 5) is 11.3. The van der Waals surface area contributed by atoms with Crippen molar-refractivity contribution >= 4 is 17.6 Å². The van der Waals surface area contributed by atoms with Gasteiger partial charge in [-0.1, -0.05) is 11.6 Å². The highest BCUT2D eigenvalue weighted by Gasteiger charge is 2.28. The van der Waals surface area contributed by atoms with E-state index in [2.05, 4.69) is 4.74 Å². The van der Waals surface area contributed by atoms with Crippen molar-refractivity contribution < 1.29 is 19.7 Å². The maximum atomic E-state index is 11.3. The highest BCUT2D eigenvalue weighted by atomic mass is 35.5. The van der Waals surface area contributed by atoms with Crippen molar-refractivity contribution in [2.45, 2.75) is 19.1 Å². The van der Waals surface area contributed by atoms with Gasteiger partial charge in [0.25, 0.3) is 0 Å². The number of rotatable bonds is 4. The molecule has 0 aliphatic rings. The minimum absolute atomic E-state index is 0.0918. The number of carbonyl (C=O) groups excluding carboxylic acids is 1. The van der Waals surface area contributed by atoms with Gasteiger partial charge < -0.3 is 14.9 Å². The number of hydrogen-bond donors (Lipinski definition) is 2. The van der Waals surface area contributed by atoms with Gasteiger partial charge in [0.1, 0.15) is 6.10 Å². The molecule has 5 nitrogen and oxygen atoms in total. The Kier molecular flexibility index (Phi) is 5.10. The van der Waals surface area contributed by atoms with E-state index in [-0.39, 0.29) is 22.8 Å². The lowest BCUT2D eigenvalue weighted by Crippen LogP contribution is -2.30. The zero-order valence-corrected chi connectivity index (χ0v) is 10.4. The van der Waals surface area contributed by atoms with E-state index < -0.39 is 18.2 Å². The fourth-order valence-electron chi connectivity index (χ4n) is 1.37. The van der Waals surface area contributed by atoms with E-state index in [1.165, 1.54) is 18.2 Å². The van der Waals surface area contributed by atoms with Gasteiger partial charge in [-0.05, 0) is 25.1 Å². The Labute approximate surface area is 109 Å². The Hall–Kier alpha value is -1.61. The Morgan fingerprint density at radius 1 is 1.56 bits per heavy atom. The maximum Gasteiger partial charge on any atom is 0.338 e. The highest BCUT2D eigenvalue weighted by Crippen LogP contribution is 2.26. The molecule has 0 saturated carbocycles. The third kappa shape index (κ3) is 3.20. The van der Waals surface area contributed by atoms with E-state index in [1.54, 1.807) is 6.92 Å². The van der Waals surface area contributed by atoms with Crippen LogP contribution in [-0.2, 0) is 9.53 Å². The van der Waals surface area contributed by atoms with Crippen LogP contribution in [0, 0.1) is 11.3 Å². The molecule has 0 spiro atoms. The molecule has 0 aromatic heterocycles. The van der Waals surface area contributed by atoms with Crippen molar-refractivity contribution in [1.82, 2.24) is 0 Å². The number of carbonyl (C=O) groups is 1. The fourth-order valence-corrected chi connectivity index (χ4v) is 1.60. The molecule has 1 aromatic rings. The second kappa shape index (κ2) is 6.36. The molecule has 0 aliphatic heterocycles. The van der Waals surface area contributed by atoms with Crippen LogP contribution < -0.4 is 0 Å². The Balaban J connectivity index is 2.99. The van der Waals surface area contributed by atoms with Crippen molar-refractivity contribution in [3.8, 4) is 6.07 Å². The highest BCUT2D eigenvalue weighted by molar-refractivity contribution is 6.31. The molecule has 96 valence electrons. The van der Waals surface area contributed by atoms with Crippen LogP contribution in [-0.4, -0.2) is 28.9 Å². The first-order chi connectivity index (χ1) is 8.51. The van der Waals surface area contributed by atoms with Gasteiger partial charge in [-0.25, -0.2) is 4.79 Å². The first-order valence-corrected chi connectivity index (χ1v) is 5.61. The molecular weight excluding hydrogens is 258 g/mol. The van der Waals surface area contributed by atoms with E-state index in [0.29, 0.717) is 0 Å². The number of nitrogens with zero attached hydrogens (tertiary/aromatic N) is 1. The van der Waals surface area contributed by atoms with Crippen molar-refractivity contribution in [3.05, 3.63) is 34.3 Å². The van der Waals surface area contributed by atoms with Gasteiger partial charge in [0.05, 0.1) is 18.2 Å². The maximum absolute atomic E-state index is 11.3. The fraction of sp³-hybridized carbons (Fsp3) is 0.333. The van der Waals surface area contributed by atoms with Crippen LogP contribution in [0.15, 0.2) is 18.2 Å². The predicted octanol–water partition coefficient (Wildman–Crippen LogP) is 1.17. The van der Waals surface area contributed by atoms with E-state index in [9.17, 15) is 15.0 Å². The van der Waals surface area contributed by atoms with Crippen molar-refractivity contribution in [2.24, 2.45) is 0 Å². The van der Waals surface area contributed by atoms with Crippen LogP contribution in [0.1, 0.15) is 24.2 Å². The van der Waals surface area contributed by atoms with Crippen LogP contribution in [0.3, 0.4) is 0 Å². The van der Waals surface area contributed by atoms with Crippen molar-refractivity contribution in [1.29, 1.82) is 5.26 Å². The molecule has 1 rings (SSSR count). The SMILES string of the molecule is CCOC(=O)C(O)C(O)c1cc(C#N)ccc1Cl. The summed E-state index contributed by atoms with van der Waals surface area (Å²) in [5.74, 6) is -0.941. The molecule has 2 N–H and O–H groups in total.